The number of benzene rings is 1. The summed E-state index contributed by atoms with van der Waals surface area (Å²) in [4.78, 5) is 12.2. The zero-order valence-corrected chi connectivity index (χ0v) is 14.6. The largest absolute Gasteiger partial charge is 0.332 e. The zero-order chi connectivity index (χ0) is 16.6. The molecule has 0 radical (unpaired) electrons. The van der Waals surface area contributed by atoms with E-state index in [0.717, 1.165) is 44.2 Å². The first-order valence-corrected chi connectivity index (χ1v) is 9.99. The molecule has 2 aliphatic rings. The molecule has 6 heteroatoms. The highest BCUT2D eigenvalue weighted by Crippen LogP contribution is 2.38. The van der Waals surface area contributed by atoms with Crippen molar-refractivity contribution in [2.45, 2.75) is 52.4 Å². The fourth-order valence-electron chi connectivity index (χ4n) is 3.73. The number of hydrogen-bond donors (Lipinski definition) is 2. The molecule has 0 fully saturated rings. The molecule has 1 aromatic carbocycles. The molecule has 0 atom stereocenters. The monoisotopic (exact) mass is 336 g/mol. The van der Waals surface area contributed by atoms with Crippen LogP contribution in [0.2, 0.25) is 0 Å². The van der Waals surface area contributed by atoms with Gasteiger partial charge in [0, 0.05) is 5.69 Å². The van der Waals surface area contributed by atoms with Gasteiger partial charge in [-0.2, -0.15) is 0 Å². The van der Waals surface area contributed by atoms with Crippen molar-refractivity contribution in [3.8, 4) is 0 Å². The fraction of sp³-hybridized carbons (Fsp3) is 0.588. The number of nitrogens with one attached hydrogen (secondary N) is 2. The topological polar surface area (TPSA) is 75.3 Å². The Hall–Kier alpha value is -1.56. The predicted molar refractivity (Wildman–Crippen MR) is 91.3 cm³/mol. The van der Waals surface area contributed by atoms with E-state index in [1.54, 1.807) is 0 Å². The van der Waals surface area contributed by atoms with Crippen LogP contribution >= 0.6 is 0 Å². The van der Waals surface area contributed by atoms with E-state index in [1.165, 1.54) is 22.3 Å². The van der Waals surface area contributed by atoms with Gasteiger partial charge in [-0.1, -0.05) is 19.9 Å². The molecule has 0 spiro atoms. The molecule has 0 unspecified atom stereocenters. The Morgan fingerprint density at radius 1 is 1.09 bits per heavy atom. The summed E-state index contributed by atoms with van der Waals surface area (Å²) in [5.74, 6) is -0.0728. The van der Waals surface area contributed by atoms with Gasteiger partial charge >= 0.3 is 6.03 Å². The van der Waals surface area contributed by atoms with Crippen LogP contribution in [-0.2, 0) is 35.7 Å². The fourth-order valence-corrected chi connectivity index (χ4v) is 5.02. The van der Waals surface area contributed by atoms with Gasteiger partial charge in [-0.3, -0.25) is 0 Å². The van der Waals surface area contributed by atoms with Gasteiger partial charge in [-0.15, -0.1) is 0 Å². The molecule has 0 aliphatic heterocycles. The molecule has 0 aromatic heterocycles. The number of urea groups is 1. The zero-order valence-electron chi connectivity index (χ0n) is 13.7. The van der Waals surface area contributed by atoms with Crippen LogP contribution in [0.25, 0.3) is 0 Å². The quantitative estimate of drug-likeness (QED) is 0.888. The van der Waals surface area contributed by atoms with E-state index in [1.807, 2.05) is 13.8 Å². The molecular weight excluding hydrogens is 312 g/mol. The molecule has 2 N–H and O–H groups in total. The normalized spacial score (nSPS) is 16.3. The van der Waals surface area contributed by atoms with Crippen LogP contribution in [0.3, 0.4) is 0 Å². The van der Waals surface area contributed by atoms with Crippen LogP contribution in [-0.4, -0.2) is 20.2 Å². The summed E-state index contributed by atoms with van der Waals surface area (Å²) in [6.45, 7) is 3.63. The summed E-state index contributed by atoms with van der Waals surface area (Å²) < 4.78 is 26.0. The van der Waals surface area contributed by atoms with E-state index in [9.17, 15) is 13.2 Å². The van der Waals surface area contributed by atoms with Crippen molar-refractivity contribution in [1.29, 1.82) is 0 Å². The first kappa shape index (κ1) is 16.3. The average Bonchev–Trinajstić information content (AvgIpc) is 3.03. The molecule has 1 aromatic rings. The third-order valence-corrected chi connectivity index (χ3v) is 6.11. The lowest BCUT2D eigenvalue weighted by Gasteiger charge is -2.17. The van der Waals surface area contributed by atoms with Gasteiger partial charge in [0.1, 0.15) is 0 Å². The first-order chi connectivity index (χ1) is 10.9. The van der Waals surface area contributed by atoms with Crippen molar-refractivity contribution in [2.24, 2.45) is 5.92 Å². The number of anilines is 1. The third kappa shape index (κ3) is 3.52. The van der Waals surface area contributed by atoms with Crippen LogP contribution in [0.4, 0.5) is 10.5 Å². The molecule has 5 nitrogen and oxygen atoms in total. The second-order valence-corrected chi connectivity index (χ2v) is 8.73. The highest BCUT2D eigenvalue weighted by molar-refractivity contribution is 7.90. The van der Waals surface area contributed by atoms with Crippen LogP contribution in [0.1, 0.15) is 48.9 Å². The van der Waals surface area contributed by atoms with Gasteiger partial charge < -0.3 is 5.32 Å². The molecule has 0 heterocycles. The van der Waals surface area contributed by atoms with Crippen LogP contribution in [0.15, 0.2) is 6.07 Å². The minimum atomic E-state index is -3.59. The van der Waals surface area contributed by atoms with Gasteiger partial charge in [0.25, 0.3) is 0 Å². The maximum absolute atomic E-state index is 12.2. The van der Waals surface area contributed by atoms with Crippen molar-refractivity contribution in [3.63, 3.8) is 0 Å². The second kappa shape index (κ2) is 6.15. The smallest absolute Gasteiger partial charge is 0.307 e. The molecule has 0 saturated heterocycles. The number of sulfonamides is 1. The molecular formula is C17H24N2O3S. The van der Waals surface area contributed by atoms with Crippen molar-refractivity contribution in [3.05, 3.63) is 28.3 Å². The lowest BCUT2D eigenvalue weighted by atomic mass is 9.99. The van der Waals surface area contributed by atoms with E-state index < -0.39 is 16.1 Å². The number of fused-ring (bicyclic) bond motifs is 2. The summed E-state index contributed by atoms with van der Waals surface area (Å²) in [7, 11) is -3.59. The van der Waals surface area contributed by atoms with Crippen molar-refractivity contribution in [2.75, 3.05) is 11.1 Å². The molecule has 126 valence electrons. The number of carbonyl (C=O) groups is 1. The SMILES string of the molecule is CC(C)CS(=O)(=O)NC(=O)Nc1c2c(cc3c1CCC3)CCC2. The molecule has 0 bridgehead atoms. The van der Waals surface area contributed by atoms with Crippen LogP contribution in [0.5, 0.6) is 0 Å². The van der Waals surface area contributed by atoms with Crippen molar-refractivity contribution < 1.29 is 13.2 Å². The highest BCUT2D eigenvalue weighted by Gasteiger charge is 2.26. The van der Waals surface area contributed by atoms with Crippen LogP contribution < -0.4 is 10.0 Å². The average molecular weight is 336 g/mol. The lowest BCUT2D eigenvalue weighted by Crippen LogP contribution is -2.37. The lowest BCUT2D eigenvalue weighted by molar-refractivity contribution is 0.256. The number of amides is 2. The summed E-state index contributed by atoms with van der Waals surface area (Å²) in [5, 5.41) is 2.84. The number of aryl methyl sites for hydroxylation is 2. The molecule has 0 saturated carbocycles. The Kier molecular flexibility index (Phi) is 4.36. The Morgan fingerprint density at radius 3 is 2.17 bits per heavy atom. The number of rotatable bonds is 4. The molecule has 2 amide bonds. The molecule has 23 heavy (non-hydrogen) atoms. The van der Waals surface area contributed by atoms with Crippen LogP contribution in [0, 0.1) is 5.92 Å². The van der Waals surface area contributed by atoms with E-state index >= 15 is 0 Å². The maximum atomic E-state index is 12.2. The summed E-state index contributed by atoms with van der Waals surface area (Å²) >= 11 is 0. The Morgan fingerprint density at radius 2 is 1.65 bits per heavy atom. The van der Waals surface area contributed by atoms with Crippen molar-refractivity contribution >= 4 is 21.7 Å². The Balaban J connectivity index is 1.82. The Labute approximate surface area is 137 Å². The third-order valence-electron chi connectivity index (χ3n) is 4.51. The second-order valence-electron chi connectivity index (χ2n) is 6.97. The summed E-state index contributed by atoms with van der Waals surface area (Å²) in [6, 6.07) is 1.64. The van der Waals surface area contributed by atoms with Gasteiger partial charge in [-0.05, 0) is 66.7 Å². The van der Waals surface area contributed by atoms with Gasteiger partial charge in [0.15, 0.2) is 0 Å². The maximum Gasteiger partial charge on any atom is 0.332 e. The van der Waals surface area contributed by atoms with E-state index in [4.69, 9.17) is 0 Å². The van der Waals surface area contributed by atoms with Gasteiger partial charge in [0.05, 0.1) is 5.75 Å². The van der Waals surface area contributed by atoms with Crippen molar-refractivity contribution in [1.82, 2.24) is 4.72 Å². The first-order valence-electron chi connectivity index (χ1n) is 8.33. The summed E-state index contributed by atoms with van der Waals surface area (Å²) in [5.41, 5.74) is 5.88. The highest BCUT2D eigenvalue weighted by atomic mass is 32.2. The minimum Gasteiger partial charge on any atom is -0.307 e. The molecule has 2 aliphatic carbocycles. The van der Waals surface area contributed by atoms with Gasteiger partial charge in [0.2, 0.25) is 10.0 Å². The standard InChI is InChI=1S/C17H24N2O3S/c1-11(2)10-23(21,22)19-17(20)18-16-14-7-3-5-12(14)9-13-6-4-8-15(13)16/h9,11H,3-8,10H2,1-2H3,(H2,18,19,20). The van der Waals surface area contributed by atoms with E-state index in [-0.39, 0.29) is 11.7 Å². The van der Waals surface area contributed by atoms with E-state index in [2.05, 4.69) is 16.1 Å². The summed E-state index contributed by atoms with van der Waals surface area (Å²) in [6.07, 6.45) is 6.20. The van der Waals surface area contributed by atoms with Gasteiger partial charge in [-0.25, -0.2) is 17.9 Å². The predicted octanol–water partition coefficient (Wildman–Crippen LogP) is 2.77. The van der Waals surface area contributed by atoms with E-state index in [0.29, 0.717) is 0 Å². The number of hydrogen-bond acceptors (Lipinski definition) is 3. The Bertz CT molecular complexity index is 706. The molecule has 3 rings (SSSR count). The minimum absolute atomic E-state index is 0.0227. The number of carbonyl (C=O) groups excluding carboxylic acids is 1.